The molecular formula is C8H12ClNO2. The van der Waals surface area contributed by atoms with Crippen molar-refractivity contribution < 1.29 is 9.53 Å². The zero-order chi connectivity index (χ0) is 8.97. The van der Waals surface area contributed by atoms with E-state index in [9.17, 15) is 4.79 Å². The Bertz CT molecular complexity index is 184. The molecule has 0 N–H and O–H groups in total. The van der Waals surface area contributed by atoms with Crippen LogP contribution in [0.3, 0.4) is 0 Å². The van der Waals surface area contributed by atoms with Gasteiger partial charge in [-0.25, -0.2) is 4.79 Å². The van der Waals surface area contributed by atoms with Crippen LogP contribution in [-0.4, -0.2) is 29.6 Å². The molecule has 1 rings (SSSR count). The van der Waals surface area contributed by atoms with E-state index in [1.54, 1.807) is 11.0 Å². The van der Waals surface area contributed by atoms with Gasteiger partial charge in [-0.1, -0.05) is 17.7 Å². The number of carbonyl (C=O) groups excluding carboxylic acids is 1. The third kappa shape index (κ3) is 1.91. The van der Waals surface area contributed by atoms with Crippen molar-refractivity contribution >= 4 is 17.7 Å². The lowest BCUT2D eigenvalue weighted by molar-refractivity contribution is 0.119. The Morgan fingerprint density at radius 1 is 1.83 bits per heavy atom. The molecule has 12 heavy (non-hydrogen) atoms. The van der Waals surface area contributed by atoms with E-state index in [1.165, 1.54) is 0 Å². The van der Waals surface area contributed by atoms with Crippen LogP contribution in [0.5, 0.6) is 0 Å². The predicted molar refractivity (Wildman–Crippen MR) is 47.1 cm³/mol. The second-order valence-corrected chi connectivity index (χ2v) is 2.88. The molecule has 1 aliphatic heterocycles. The molecule has 0 aromatic carbocycles. The smallest absolute Gasteiger partial charge is 0.411 e. The molecule has 0 saturated carbocycles. The Hall–Kier alpha value is -0.700. The van der Waals surface area contributed by atoms with Crippen LogP contribution in [0.15, 0.2) is 12.7 Å². The quantitative estimate of drug-likeness (QED) is 0.491. The molecule has 68 valence electrons. The van der Waals surface area contributed by atoms with Crippen molar-refractivity contribution in [1.82, 2.24) is 4.90 Å². The van der Waals surface area contributed by atoms with E-state index in [4.69, 9.17) is 11.6 Å². The van der Waals surface area contributed by atoms with Gasteiger partial charge in [0.05, 0.1) is 6.04 Å². The Kier molecular flexibility index (Phi) is 3.41. The minimum atomic E-state index is -0.340. The van der Waals surface area contributed by atoms with Gasteiger partial charge in [0.2, 0.25) is 0 Å². The van der Waals surface area contributed by atoms with Crippen LogP contribution in [0.25, 0.3) is 0 Å². The average molecular weight is 190 g/mol. The first-order valence-electron chi connectivity index (χ1n) is 3.91. The second-order valence-electron chi connectivity index (χ2n) is 2.66. The molecule has 0 aliphatic carbocycles. The van der Waals surface area contributed by atoms with Crippen molar-refractivity contribution in [3.63, 3.8) is 0 Å². The monoisotopic (exact) mass is 189 g/mol. The van der Waals surface area contributed by atoms with Crippen LogP contribution in [0.4, 0.5) is 4.79 Å². The van der Waals surface area contributed by atoms with Crippen LogP contribution < -0.4 is 0 Å². The van der Waals surface area contributed by atoms with Crippen LogP contribution >= 0.6 is 11.6 Å². The minimum absolute atomic E-state index is 0.0841. The van der Waals surface area contributed by atoms with Crippen molar-refractivity contribution in [3.8, 4) is 0 Å². The number of rotatable bonds is 2. The molecule has 0 aromatic rings. The summed E-state index contributed by atoms with van der Waals surface area (Å²) in [6, 6.07) is 0.0415. The Morgan fingerprint density at radius 2 is 2.58 bits per heavy atom. The fourth-order valence-electron chi connectivity index (χ4n) is 1.39. The summed E-state index contributed by atoms with van der Waals surface area (Å²) in [6.45, 7) is 4.40. The van der Waals surface area contributed by atoms with Crippen LogP contribution in [0, 0.1) is 0 Å². The molecule has 0 spiro atoms. The first-order chi connectivity index (χ1) is 5.79. The van der Waals surface area contributed by atoms with Crippen molar-refractivity contribution in [2.75, 3.05) is 12.6 Å². The molecule has 3 nitrogen and oxygen atoms in total. The van der Waals surface area contributed by atoms with E-state index in [-0.39, 0.29) is 18.2 Å². The molecule has 1 saturated heterocycles. The summed E-state index contributed by atoms with van der Waals surface area (Å²) in [6.07, 6.45) is 3.41. The predicted octanol–water partition coefficient (Wildman–Crippen LogP) is 1.97. The van der Waals surface area contributed by atoms with Crippen molar-refractivity contribution in [2.24, 2.45) is 0 Å². The van der Waals surface area contributed by atoms with Crippen molar-refractivity contribution in [1.29, 1.82) is 0 Å². The van der Waals surface area contributed by atoms with E-state index >= 15 is 0 Å². The van der Waals surface area contributed by atoms with E-state index in [2.05, 4.69) is 11.3 Å². The van der Waals surface area contributed by atoms with Gasteiger partial charge >= 0.3 is 6.09 Å². The van der Waals surface area contributed by atoms with Gasteiger partial charge < -0.3 is 9.64 Å². The van der Waals surface area contributed by atoms with Gasteiger partial charge in [0.1, 0.15) is 0 Å². The third-order valence-corrected chi connectivity index (χ3v) is 2.09. The molecule has 1 atom stereocenters. The van der Waals surface area contributed by atoms with E-state index < -0.39 is 0 Å². The maximum atomic E-state index is 11.2. The summed E-state index contributed by atoms with van der Waals surface area (Å²) in [4.78, 5) is 12.8. The van der Waals surface area contributed by atoms with Gasteiger partial charge in [-0.2, -0.15) is 0 Å². The fraction of sp³-hybridized carbons (Fsp3) is 0.625. The highest BCUT2D eigenvalue weighted by atomic mass is 35.5. The standard InChI is InChI=1S/C8H12ClNO2/c1-2-7-4-3-5-10(7)8(11)12-6-9/h2,7H,1,3-6H2. The summed E-state index contributed by atoms with van der Waals surface area (Å²) in [5.41, 5.74) is 0. The van der Waals surface area contributed by atoms with E-state index in [0.29, 0.717) is 0 Å². The van der Waals surface area contributed by atoms with Gasteiger partial charge in [0, 0.05) is 6.54 Å². The topological polar surface area (TPSA) is 29.5 Å². The number of hydrogen-bond acceptors (Lipinski definition) is 2. The molecule has 1 aliphatic rings. The summed E-state index contributed by atoms with van der Waals surface area (Å²) in [5, 5.41) is 0. The van der Waals surface area contributed by atoms with E-state index in [0.717, 1.165) is 19.4 Å². The maximum Gasteiger partial charge on any atom is 0.411 e. The number of alkyl halides is 1. The molecule has 0 aromatic heterocycles. The van der Waals surface area contributed by atoms with Crippen LogP contribution in [0.2, 0.25) is 0 Å². The van der Waals surface area contributed by atoms with Gasteiger partial charge in [0.25, 0.3) is 0 Å². The second kappa shape index (κ2) is 4.36. The van der Waals surface area contributed by atoms with Gasteiger partial charge in [-0.05, 0) is 12.8 Å². The normalized spacial score (nSPS) is 22.4. The molecule has 4 heteroatoms. The summed E-state index contributed by atoms with van der Waals surface area (Å²) < 4.78 is 4.66. The lowest BCUT2D eigenvalue weighted by Gasteiger charge is -2.20. The molecule has 0 radical (unpaired) electrons. The zero-order valence-electron chi connectivity index (χ0n) is 6.83. The highest BCUT2D eigenvalue weighted by Crippen LogP contribution is 2.18. The molecule has 1 unspecified atom stereocenters. The maximum absolute atomic E-state index is 11.2. The number of amides is 1. The average Bonchev–Trinajstić information content (AvgIpc) is 2.51. The highest BCUT2D eigenvalue weighted by molar-refractivity contribution is 6.17. The molecule has 1 amide bonds. The fourth-order valence-corrected chi connectivity index (χ4v) is 1.49. The van der Waals surface area contributed by atoms with Crippen LogP contribution in [-0.2, 0) is 4.74 Å². The number of nitrogens with zero attached hydrogens (tertiary/aromatic N) is 1. The number of ether oxygens (including phenoxy) is 1. The highest BCUT2D eigenvalue weighted by Gasteiger charge is 2.27. The number of halogens is 1. The zero-order valence-corrected chi connectivity index (χ0v) is 7.59. The van der Waals surface area contributed by atoms with Gasteiger partial charge in [-0.15, -0.1) is 6.58 Å². The molecule has 0 bridgehead atoms. The first-order valence-corrected chi connectivity index (χ1v) is 4.45. The lowest BCUT2D eigenvalue weighted by Crippen LogP contribution is -2.34. The summed E-state index contributed by atoms with van der Waals surface area (Å²) in [7, 11) is 0. The first kappa shape index (κ1) is 9.39. The minimum Gasteiger partial charge on any atom is -0.433 e. The summed E-state index contributed by atoms with van der Waals surface area (Å²) in [5.74, 6) is 0. The number of likely N-dealkylation sites (tertiary alicyclic amines) is 1. The Morgan fingerprint density at radius 3 is 3.17 bits per heavy atom. The van der Waals surface area contributed by atoms with Crippen molar-refractivity contribution in [2.45, 2.75) is 18.9 Å². The third-order valence-electron chi connectivity index (χ3n) is 1.98. The van der Waals surface area contributed by atoms with E-state index in [1.807, 2.05) is 0 Å². The van der Waals surface area contributed by atoms with Crippen molar-refractivity contribution in [3.05, 3.63) is 12.7 Å². The number of carbonyl (C=O) groups is 1. The largest absolute Gasteiger partial charge is 0.433 e. The lowest BCUT2D eigenvalue weighted by atomic mass is 10.2. The summed E-state index contributed by atoms with van der Waals surface area (Å²) >= 11 is 5.27. The van der Waals surface area contributed by atoms with Gasteiger partial charge in [0.15, 0.2) is 6.07 Å². The molecule has 1 fully saturated rings. The molecule has 1 heterocycles. The van der Waals surface area contributed by atoms with Crippen LogP contribution in [0.1, 0.15) is 12.8 Å². The number of hydrogen-bond donors (Lipinski definition) is 0. The Balaban J connectivity index is 2.49. The Labute approximate surface area is 76.9 Å². The van der Waals surface area contributed by atoms with Gasteiger partial charge in [-0.3, -0.25) is 0 Å². The SMILES string of the molecule is C=CC1CCCN1C(=O)OCCl. The molecular weight excluding hydrogens is 178 g/mol.